The van der Waals surface area contributed by atoms with Crippen LogP contribution in [0.1, 0.15) is 37.9 Å². The molecule has 0 bridgehead atoms. The van der Waals surface area contributed by atoms with E-state index in [4.69, 9.17) is 4.74 Å². The van der Waals surface area contributed by atoms with Crippen LogP contribution < -0.4 is 10.1 Å². The number of hydrogen-bond acceptors (Lipinski definition) is 4. The number of ether oxygens (including phenoxy) is 2. The summed E-state index contributed by atoms with van der Waals surface area (Å²) >= 11 is 0. The summed E-state index contributed by atoms with van der Waals surface area (Å²) in [6.45, 7) is 2.30. The Morgan fingerprint density at radius 1 is 1.41 bits per heavy atom. The van der Waals surface area contributed by atoms with Crippen molar-refractivity contribution in [1.29, 1.82) is 0 Å². The molecule has 2 N–H and O–H groups in total. The molecule has 0 heterocycles. The van der Waals surface area contributed by atoms with Gasteiger partial charge < -0.3 is 19.9 Å². The largest absolute Gasteiger partial charge is 0.444 e. The molecule has 5 nitrogen and oxygen atoms in total. The van der Waals surface area contributed by atoms with Crippen molar-refractivity contribution in [3.05, 3.63) is 29.3 Å². The molecule has 1 amide bonds. The fourth-order valence-electron chi connectivity index (χ4n) is 2.40. The zero-order valence-electron chi connectivity index (χ0n) is 12.6. The molecule has 1 aromatic carbocycles. The second kappa shape index (κ2) is 6.08. The minimum absolute atomic E-state index is 0.0267. The maximum Gasteiger partial charge on any atom is 0.408 e. The highest BCUT2D eigenvalue weighted by molar-refractivity contribution is 5.69. The summed E-state index contributed by atoms with van der Waals surface area (Å²) < 4.78 is 33.9. The van der Waals surface area contributed by atoms with Crippen LogP contribution in [0.5, 0.6) is 5.75 Å². The molecule has 0 saturated carbocycles. The first-order valence-corrected chi connectivity index (χ1v) is 6.91. The molecule has 122 valence electrons. The number of benzene rings is 1. The normalized spacial score (nSPS) is 20.7. The Bertz CT molecular complexity index is 557. The topological polar surface area (TPSA) is 67.8 Å². The molecule has 1 aliphatic carbocycles. The molecule has 0 unspecified atom stereocenters. The summed E-state index contributed by atoms with van der Waals surface area (Å²) in [4.78, 5) is 11.8. The van der Waals surface area contributed by atoms with Crippen LogP contribution in [0.2, 0.25) is 0 Å². The fourth-order valence-corrected chi connectivity index (χ4v) is 2.40. The summed E-state index contributed by atoms with van der Waals surface area (Å²) in [5.74, 6) is 0.0267. The number of aliphatic hydroxyl groups excluding tert-OH is 1. The van der Waals surface area contributed by atoms with Gasteiger partial charge in [-0.3, -0.25) is 0 Å². The van der Waals surface area contributed by atoms with Gasteiger partial charge in [0.2, 0.25) is 0 Å². The number of rotatable bonds is 3. The van der Waals surface area contributed by atoms with Crippen LogP contribution in [-0.2, 0) is 11.2 Å². The summed E-state index contributed by atoms with van der Waals surface area (Å²) in [7, 11) is 0. The van der Waals surface area contributed by atoms with Gasteiger partial charge in [0.15, 0.2) is 0 Å². The van der Waals surface area contributed by atoms with E-state index in [2.05, 4.69) is 10.1 Å². The summed E-state index contributed by atoms with van der Waals surface area (Å²) in [5, 5.41) is 12.7. The molecule has 2 rings (SSSR count). The SMILES string of the molecule is CC(C)(C)OC(=O)N[C@@H]1c2ccc(OC(F)F)cc2C[C@@H]1O. The Morgan fingerprint density at radius 3 is 2.68 bits per heavy atom. The summed E-state index contributed by atoms with van der Waals surface area (Å²) in [5.41, 5.74) is 0.678. The summed E-state index contributed by atoms with van der Waals surface area (Å²) in [6.07, 6.45) is -1.24. The van der Waals surface area contributed by atoms with Gasteiger partial charge in [-0.05, 0) is 44.0 Å². The first-order valence-electron chi connectivity index (χ1n) is 6.91. The molecule has 0 aliphatic heterocycles. The molecule has 0 aromatic heterocycles. The van der Waals surface area contributed by atoms with E-state index in [-0.39, 0.29) is 12.2 Å². The third-order valence-corrected chi connectivity index (χ3v) is 3.16. The number of amides is 1. The number of carbonyl (C=O) groups is 1. The van der Waals surface area contributed by atoms with Gasteiger partial charge in [0.25, 0.3) is 0 Å². The molecule has 1 aromatic rings. The van der Waals surface area contributed by atoms with E-state index >= 15 is 0 Å². The lowest BCUT2D eigenvalue weighted by Crippen LogP contribution is -2.38. The predicted octanol–water partition coefficient (Wildman–Crippen LogP) is 2.77. The summed E-state index contributed by atoms with van der Waals surface area (Å²) in [6, 6.07) is 3.75. The maximum absolute atomic E-state index is 12.2. The lowest BCUT2D eigenvalue weighted by molar-refractivity contribution is -0.0498. The lowest BCUT2D eigenvalue weighted by Gasteiger charge is -2.23. The number of alkyl carbamates (subject to hydrolysis) is 1. The molecule has 0 fully saturated rings. The molecular formula is C15H19F2NO4. The number of hydrogen-bond donors (Lipinski definition) is 2. The van der Waals surface area contributed by atoms with Crippen molar-refractivity contribution >= 4 is 6.09 Å². The van der Waals surface area contributed by atoms with E-state index < -0.39 is 30.5 Å². The van der Waals surface area contributed by atoms with E-state index in [0.717, 1.165) is 0 Å². The number of alkyl halides is 2. The highest BCUT2D eigenvalue weighted by Gasteiger charge is 2.33. The van der Waals surface area contributed by atoms with Crippen LogP contribution in [0.3, 0.4) is 0 Å². The molecule has 7 heteroatoms. The molecule has 1 aliphatic rings. The molecule has 22 heavy (non-hydrogen) atoms. The smallest absolute Gasteiger partial charge is 0.408 e. The van der Waals surface area contributed by atoms with Crippen LogP contribution in [0.15, 0.2) is 18.2 Å². The van der Waals surface area contributed by atoms with Crippen LogP contribution >= 0.6 is 0 Å². The van der Waals surface area contributed by atoms with Gasteiger partial charge in [0.1, 0.15) is 11.4 Å². The van der Waals surface area contributed by atoms with Crippen molar-refractivity contribution in [3.63, 3.8) is 0 Å². The van der Waals surface area contributed by atoms with E-state index in [0.29, 0.717) is 11.1 Å². The van der Waals surface area contributed by atoms with Crippen molar-refractivity contribution in [3.8, 4) is 5.75 Å². The standard InChI is InChI=1S/C15H19F2NO4/c1-15(2,3)22-14(20)18-12-10-5-4-9(21-13(16)17)6-8(10)7-11(12)19/h4-6,11-13,19H,7H2,1-3H3,(H,18,20)/t11-,12+/m0/s1. The average Bonchev–Trinajstić information content (AvgIpc) is 2.62. The quantitative estimate of drug-likeness (QED) is 0.900. The van der Waals surface area contributed by atoms with Crippen LogP contribution in [0, 0.1) is 0 Å². The Kier molecular flexibility index (Phi) is 4.55. The van der Waals surface area contributed by atoms with E-state index in [1.54, 1.807) is 26.8 Å². The van der Waals surface area contributed by atoms with E-state index in [1.807, 2.05) is 0 Å². The van der Waals surface area contributed by atoms with Gasteiger partial charge in [-0.1, -0.05) is 6.07 Å². The number of fused-ring (bicyclic) bond motifs is 1. The van der Waals surface area contributed by atoms with Crippen LogP contribution in [-0.4, -0.2) is 29.5 Å². The third kappa shape index (κ3) is 4.07. The minimum Gasteiger partial charge on any atom is -0.444 e. The van der Waals surface area contributed by atoms with Gasteiger partial charge in [-0.15, -0.1) is 0 Å². The number of aliphatic hydroxyl groups is 1. The Hall–Kier alpha value is -1.89. The minimum atomic E-state index is -2.90. The van der Waals surface area contributed by atoms with Gasteiger partial charge in [-0.25, -0.2) is 4.79 Å². The van der Waals surface area contributed by atoms with Crippen molar-refractivity contribution < 1.29 is 28.2 Å². The predicted molar refractivity (Wildman–Crippen MR) is 74.9 cm³/mol. The second-order valence-electron chi connectivity index (χ2n) is 6.13. The second-order valence-corrected chi connectivity index (χ2v) is 6.13. The number of nitrogens with one attached hydrogen (secondary N) is 1. The molecule has 0 radical (unpaired) electrons. The van der Waals surface area contributed by atoms with Crippen LogP contribution in [0.25, 0.3) is 0 Å². The van der Waals surface area contributed by atoms with E-state index in [1.165, 1.54) is 12.1 Å². The van der Waals surface area contributed by atoms with Gasteiger partial charge >= 0.3 is 12.7 Å². The van der Waals surface area contributed by atoms with Crippen molar-refractivity contribution in [1.82, 2.24) is 5.32 Å². The molecular weight excluding hydrogens is 296 g/mol. The van der Waals surface area contributed by atoms with Gasteiger partial charge in [-0.2, -0.15) is 8.78 Å². The van der Waals surface area contributed by atoms with Crippen molar-refractivity contribution in [2.75, 3.05) is 0 Å². The molecule has 0 saturated heterocycles. The first kappa shape index (κ1) is 16.5. The lowest BCUT2D eigenvalue weighted by atomic mass is 10.1. The highest BCUT2D eigenvalue weighted by Crippen LogP contribution is 2.34. The van der Waals surface area contributed by atoms with Gasteiger partial charge in [0.05, 0.1) is 12.1 Å². The fraction of sp³-hybridized carbons (Fsp3) is 0.533. The van der Waals surface area contributed by atoms with Crippen molar-refractivity contribution in [2.24, 2.45) is 0 Å². The van der Waals surface area contributed by atoms with E-state index in [9.17, 15) is 18.7 Å². The Labute approximate surface area is 127 Å². The number of carbonyl (C=O) groups excluding carboxylic acids is 1. The third-order valence-electron chi connectivity index (χ3n) is 3.16. The Balaban J connectivity index is 2.12. The molecule has 2 atom stereocenters. The average molecular weight is 315 g/mol. The van der Waals surface area contributed by atoms with Crippen molar-refractivity contribution in [2.45, 2.75) is 51.6 Å². The Morgan fingerprint density at radius 2 is 2.09 bits per heavy atom. The number of halogens is 2. The zero-order chi connectivity index (χ0) is 16.5. The highest BCUT2D eigenvalue weighted by atomic mass is 19.3. The maximum atomic E-state index is 12.2. The molecule has 0 spiro atoms. The monoisotopic (exact) mass is 315 g/mol. The first-order chi connectivity index (χ1) is 10.2. The van der Waals surface area contributed by atoms with Gasteiger partial charge in [0, 0.05) is 6.42 Å². The van der Waals surface area contributed by atoms with Crippen LogP contribution in [0.4, 0.5) is 13.6 Å². The zero-order valence-corrected chi connectivity index (χ0v) is 12.6.